The molecule has 1 heterocycles. The quantitative estimate of drug-likeness (QED) is 0.821. The molecule has 1 aromatic heterocycles. The van der Waals surface area contributed by atoms with Gasteiger partial charge in [0, 0.05) is 23.9 Å². The molecule has 20 heavy (non-hydrogen) atoms. The van der Waals surface area contributed by atoms with E-state index in [0.29, 0.717) is 25.5 Å². The maximum atomic E-state index is 12.0. The topological polar surface area (TPSA) is 51.3 Å². The van der Waals surface area contributed by atoms with Crippen LogP contribution < -0.4 is 0 Å². The van der Waals surface area contributed by atoms with E-state index in [9.17, 15) is 4.79 Å². The van der Waals surface area contributed by atoms with Gasteiger partial charge in [0.05, 0.1) is 13.2 Å². The lowest BCUT2D eigenvalue weighted by Gasteiger charge is -2.07. The van der Waals surface area contributed by atoms with Crippen LogP contribution in [0.25, 0.3) is 11.1 Å². The zero-order valence-corrected chi connectivity index (χ0v) is 11.8. The molecule has 0 atom stereocenters. The van der Waals surface area contributed by atoms with Crippen molar-refractivity contribution in [3.8, 4) is 11.1 Å². The van der Waals surface area contributed by atoms with Crippen LogP contribution in [0.15, 0.2) is 36.5 Å². The lowest BCUT2D eigenvalue weighted by atomic mass is 10.0. The molecule has 0 unspecified atom stereocenters. The van der Waals surface area contributed by atoms with Crippen LogP contribution in [0.3, 0.4) is 0 Å². The lowest BCUT2D eigenvalue weighted by molar-refractivity contribution is 0.0521. The predicted molar refractivity (Wildman–Crippen MR) is 77.5 cm³/mol. The van der Waals surface area contributed by atoms with Gasteiger partial charge in [-0.1, -0.05) is 30.3 Å². The molecule has 0 aliphatic heterocycles. The maximum absolute atomic E-state index is 12.0. The van der Waals surface area contributed by atoms with Gasteiger partial charge in [-0.3, -0.25) is 0 Å². The second-order valence-electron chi connectivity index (χ2n) is 4.29. The molecule has 4 heteroatoms. The van der Waals surface area contributed by atoms with E-state index >= 15 is 0 Å². The monoisotopic (exact) mass is 273 g/mol. The molecule has 0 aliphatic carbocycles. The van der Waals surface area contributed by atoms with Crippen molar-refractivity contribution < 1.29 is 14.3 Å². The number of ether oxygens (including phenoxy) is 2. The van der Waals surface area contributed by atoms with Gasteiger partial charge in [0.15, 0.2) is 0 Å². The van der Waals surface area contributed by atoms with Gasteiger partial charge in [-0.15, -0.1) is 0 Å². The zero-order chi connectivity index (χ0) is 14.4. The number of aromatic nitrogens is 1. The number of hydrogen-bond acceptors (Lipinski definition) is 3. The molecule has 1 N–H and O–H groups in total. The molecule has 0 aliphatic rings. The normalized spacial score (nSPS) is 10.5. The summed E-state index contributed by atoms with van der Waals surface area (Å²) in [6, 6.07) is 9.79. The van der Waals surface area contributed by atoms with E-state index in [-0.39, 0.29) is 5.97 Å². The van der Waals surface area contributed by atoms with Gasteiger partial charge in [0.25, 0.3) is 0 Å². The molecule has 2 aromatic rings. The number of rotatable bonds is 6. The number of hydrogen-bond donors (Lipinski definition) is 1. The second kappa shape index (κ2) is 6.91. The summed E-state index contributed by atoms with van der Waals surface area (Å²) in [7, 11) is 0. The number of carbonyl (C=O) groups excluding carboxylic acids is 1. The van der Waals surface area contributed by atoms with Crippen molar-refractivity contribution in [2.24, 2.45) is 0 Å². The maximum Gasteiger partial charge on any atom is 0.355 e. The molecular weight excluding hydrogens is 254 g/mol. The van der Waals surface area contributed by atoms with Gasteiger partial charge >= 0.3 is 5.97 Å². The van der Waals surface area contributed by atoms with E-state index in [1.54, 1.807) is 6.92 Å². The Hall–Kier alpha value is -2.07. The average molecular weight is 273 g/mol. The van der Waals surface area contributed by atoms with Gasteiger partial charge in [-0.05, 0) is 19.4 Å². The first-order chi connectivity index (χ1) is 9.77. The van der Waals surface area contributed by atoms with Gasteiger partial charge in [-0.25, -0.2) is 4.79 Å². The van der Waals surface area contributed by atoms with Crippen molar-refractivity contribution in [2.45, 2.75) is 20.5 Å². The third-order valence-electron chi connectivity index (χ3n) is 2.97. The van der Waals surface area contributed by atoms with E-state index in [0.717, 1.165) is 16.7 Å². The van der Waals surface area contributed by atoms with Crippen LogP contribution in [0.1, 0.15) is 29.9 Å². The van der Waals surface area contributed by atoms with Crippen LogP contribution in [-0.2, 0) is 16.1 Å². The Morgan fingerprint density at radius 3 is 2.55 bits per heavy atom. The van der Waals surface area contributed by atoms with Crippen molar-refractivity contribution in [3.63, 3.8) is 0 Å². The standard InChI is InChI=1S/C16H19NO3/c1-3-19-11-13-10-17-15(16(18)20-4-2)14(13)12-8-6-5-7-9-12/h5-10,17H,3-4,11H2,1-2H3. The molecule has 0 radical (unpaired) electrons. The number of nitrogens with one attached hydrogen (secondary N) is 1. The van der Waals surface area contributed by atoms with E-state index in [2.05, 4.69) is 4.98 Å². The molecule has 0 spiro atoms. The first-order valence-corrected chi connectivity index (χ1v) is 6.78. The highest BCUT2D eigenvalue weighted by molar-refractivity contribution is 5.96. The first kappa shape index (κ1) is 14.3. The fraction of sp³-hybridized carbons (Fsp3) is 0.312. The lowest BCUT2D eigenvalue weighted by Crippen LogP contribution is -2.07. The summed E-state index contributed by atoms with van der Waals surface area (Å²) >= 11 is 0. The fourth-order valence-corrected chi connectivity index (χ4v) is 2.09. The third kappa shape index (κ3) is 3.08. The number of aromatic amines is 1. The Balaban J connectivity index is 2.43. The second-order valence-corrected chi connectivity index (χ2v) is 4.29. The van der Waals surface area contributed by atoms with Crippen LogP contribution in [0.5, 0.6) is 0 Å². The van der Waals surface area contributed by atoms with Gasteiger partial charge in [0.1, 0.15) is 5.69 Å². The van der Waals surface area contributed by atoms with Crippen molar-refractivity contribution in [1.29, 1.82) is 0 Å². The summed E-state index contributed by atoms with van der Waals surface area (Å²) < 4.78 is 10.6. The SMILES string of the molecule is CCOCc1c[nH]c(C(=O)OCC)c1-c1ccccc1. The highest BCUT2D eigenvalue weighted by Gasteiger charge is 2.19. The summed E-state index contributed by atoms with van der Waals surface area (Å²) in [5, 5.41) is 0. The van der Waals surface area contributed by atoms with Gasteiger partial charge < -0.3 is 14.5 Å². The summed E-state index contributed by atoms with van der Waals surface area (Å²) in [6.07, 6.45) is 1.81. The summed E-state index contributed by atoms with van der Waals surface area (Å²) in [6.45, 7) is 5.20. The van der Waals surface area contributed by atoms with Crippen LogP contribution in [0.4, 0.5) is 0 Å². The Morgan fingerprint density at radius 2 is 1.90 bits per heavy atom. The number of H-pyrrole nitrogens is 1. The predicted octanol–water partition coefficient (Wildman–Crippen LogP) is 3.39. The summed E-state index contributed by atoms with van der Waals surface area (Å²) in [5.41, 5.74) is 3.28. The minimum absolute atomic E-state index is 0.339. The van der Waals surface area contributed by atoms with E-state index < -0.39 is 0 Å². The smallest absolute Gasteiger partial charge is 0.355 e. The van der Waals surface area contributed by atoms with Crippen molar-refractivity contribution in [3.05, 3.63) is 47.8 Å². The molecular formula is C16H19NO3. The molecule has 0 saturated carbocycles. The third-order valence-corrected chi connectivity index (χ3v) is 2.97. The number of carbonyl (C=O) groups is 1. The molecule has 106 valence electrons. The van der Waals surface area contributed by atoms with Crippen LogP contribution in [-0.4, -0.2) is 24.2 Å². The van der Waals surface area contributed by atoms with Crippen molar-refractivity contribution >= 4 is 5.97 Å². The van der Waals surface area contributed by atoms with Crippen molar-refractivity contribution in [1.82, 2.24) is 4.98 Å². The van der Waals surface area contributed by atoms with E-state index in [1.165, 1.54) is 0 Å². The molecule has 0 fully saturated rings. The largest absolute Gasteiger partial charge is 0.461 e. The van der Waals surface area contributed by atoms with Gasteiger partial charge in [-0.2, -0.15) is 0 Å². The molecule has 1 aromatic carbocycles. The Labute approximate surface area is 118 Å². The Kier molecular flexibility index (Phi) is 4.96. The van der Waals surface area contributed by atoms with Crippen molar-refractivity contribution in [2.75, 3.05) is 13.2 Å². The van der Waals surface area contributed by atoms with Crippen LogP contribution >= 0.6 is 0 Å². The molecule has 0 bridgehead atoms. The summed E-state index contributed by atoms with van der Waals surface area (Å²) in [4.78, 5) is 15.0. The number of esters is 1. The fourth-order valence-electron chi connectivity index (χ4n) is 2.09. The van der Waals surface area contributed by atoms with E-state index in [4.69, 9.17) is 9.47 Å². The Bertz CT molecular complexity index is 560. The highest BCUT2D eigenvalue weighted by atomic mass is 16.5. The average Bonchev–Trinajstić information content (AvgIpc) is 2.90. The van der Waals surface area contributed by atoms with Gasteiger partial charge in [0.2, 0.25) is 0 Å². The first-order valence-electron chi connectivity index (χ1n) is 6.78. The molecule has 0 amide bonds. The van der Waals surface area contributed by atoms with E-state index in [1.807, 2.05) is 43.5 Å². The van der Waals surface area contributed by atoms with Crippen LogP contribution in [0, 0.1) is 0 Å². The molecule has 2 rings (SSSR count). The minimum atomic E-state index is -0.339. The number of benzene rings is 1. The molecule has 0 saturated heterocycles. The van der Waals surface area contributed by atoms with Crippen LogP contribution in [0.2, 0.25) is 0 Å². The highest BCUT2D eigenvalue weighted by Crippen LogP contribution is 2.28. The summed E-state index contributed by atoms with van der Waals surface area (Å²) in [5.74, 6) is -0.339. The molecule has 4 nitrogen and oxygen atoms in total. The Morgan fingerprint density at radius 1 is 1.15 bits per heavy atom. The zero-order valence-electron chi connectivity index (χ0n) is 11.8. The minimum Gasteiger partial charge on any atom is -0.461 e.